The Morgan fingerprint density at radius 2 is 1.93 bits per heavy atom. The first-order valence-corrected chi connectivity index (χ1v) is 8.64. The molecular weight excluding hydrogens is 394 g/mol. The van der Waals surface area contributed by atoms with Crippen LogP contribution in [0.4, 0.5) is 0 Å². The lowest BCUT2D eigenvalue weighted by Crippen LogP contribution is -2.30. The van der Waals surface area contributed by atoms with Gasteiger partial charge in [-0.1, -0.05) is 6.07 Å². The molecule has 10 heteroatoms. The van der Waals surface area contributed by atoms with Crippen LogP contribution in [0.5, 0.6) is 11.5 Å². The minimum absolute atomic E-state index is 0. The highest BCUT2D eigenvalue weighted by Gasteiger charge is 2.22. The Morgan fingerprint density at radius 3 is 2.48 bits per heavy atom. The Bertz CT molecular complexity index is 784. The van der Waals surface area contributed by atoms with Crippen LogP contribution in [0.1, 0.15) is 33.5 Å². The van der Waals surface area contributed by atoms with Crippen molar-refractivity contribution in [2.24, 2.45) is 5.73 Å². The SMILES string of the molecule is COC(=O)CC(NC(=O)c1csc(CN)n1)c1ccc(OC)c(OC)c1.Cl. The monoisotopic (exact) mass is 415 g/mol. The normalized spacial score (nSPS) is 11.1. The molecule has 1 aromatic carbocycles. The minimum atomic E-state index is -0.613. The molecule has 0 radical (unpaired) electrons. The molecule has 3 N–H and O–H groups in total. The molecule has 27 heavy (non-hydrogen) atoms. The number of hydrogen-bond donors (Lipinski definition) is 2. The molecule has 8 nitrogen and oxygen atoms in total. The molecule has 0 bridgehead atoms. The topological polar surface area (TPSA) is 113 Å². The summed E-state index contributed by atoms with van der Waals surface area (Å²) in [5, 5.41) is 5.09. The number of rotatable bonds is 8. The fourth-order valence-corrected chi connectivity index (χ4v) is 2.97. The average molecular weight is 416 g/mol. The second-order valence-electron chi connectivity index (χ2n) is 5.25. The van der Waals surface area contributed by atoms with Gasteiger partial charge in [-0.05, 0) is 17.7 Å². The van der Waals surface area contributed by atoms with Crippen molar-refractivity contribution in [1.82, 2.24) is 10.3 Å². The maximum absolute atomic E-state index is 12.5. The van der Waals surface area contributed by atoms with Crippen molar-refractivity contribution in [3.05, 3.63) is 39.8 Å². The summed E-state index contributed by atoms with van der Waals surface area (Å²) in [6, 6.07) is 4.55. The van der Waals surface area contributed by atoms with Crippen LogP contribution in [0, 0.1) is 0 Å². The molecule has 2 aromatic rings. The zero-order valence-electron chi connectivity index (χ0n) is 15.2. The number of aromatic nitrogens is 1. The Balaban J connectivity index is 0.00000364. The number of nitrogens with zero attached hydrogens (tertiary/aromatic N) is 1. The van der Waals surface area contributed by atoms with E-state index in [9.17, 15) is 9.59 Å². The van der Waals surface area contributed by atoms with Gasteiger partial charge in [-0.3, -0.25) is 9.59 Å². The molecule has 1 heterocycles. The van der Waals surface area contributed by atoms with E-state index >= 15 is 0 Å². The Labute approximate surface area is 167 Å². The maximum atomic E-state index is 12.5. The molecule has 0 aliphatic carbocycles. The molecular formula is C17H22ClN3O5S. The number of esters is 1. The number of amides is 1. The molecule has 0 saturated heterocycles. The largest absolute Gasteiger partial charge is 0.493 e. The van der Waals surface area contributed by atoms with Crippen molar-refractivity contribution in [2.75, 3.05) is 21.3 Å². The number of hydrogen-bond acceptors (Lipinski definition) is 8. The molecule has 148 valence electrons. The van der Waals surface area contributed by atoms with Crippen LogP contribution in [-0.2, 0) is 16.1 Å². The van der Waals surface area contributed by atoms with E-state index in [2.05, 4.69) is 10.3 Å². The van der Waals surface area contributed by atoms with Gasteiger partial charge in [0.05, 0.1) is 33.8 Å². The molecule has 0 aliphatic rings. The second-order valence-corrected chi connectivity index (χ2v) is 6.19. The van der Waals surface area contributed by atoms with Gasteiger partial charge in [-0.2, -0.15) is 0 Å². The van der Waals surface area contributed by atoms with E-state index in [1.807, 2.05) is 0 Å². The van der Waals surface area contributed by atoms with Crippen LogP contribution in [0.25, 0.3) is 0 Å². The van der Waals surface area contributed by atoms with Crippen molar-refractivity contribution < 1.29 is 23.8 Å². The summed E-state index contributed by atoms with van der Waals surface area (Å²) in [5.41, 5.74) is 6.46. The fraction of sp³-hybridized carbons (Fsp3) is 0.353. The van der Waals surface area contributed by atoms with Crippen LogP contribution in [0.15, 0.2) is 23.6 Å². The van der Waals surface area contributed by atoms with E-state index in [0.717, 1.165) is 0 Å². The second kappa shape index (κ2) is 10.7. The van der Waals surface area contributed by atoms with Crippen molar-refractivity contribution in [3.63, 3.8) is 0 Å². The molecule has 0 aliphatic heterocycles. The summed E-state index contributed by atoms with van der Waals surface area (Å²) >= 11 is 1.31. The molecule has 2 rings (SSSR count). The fourth-order valence-electron chi connectivity index (χ4n) is 2.31. The van der Waals surface area contributed by atoms with Crippen LogP contribution < -0.4 is 20.5 Å². The molecule has 0 fully saturated rings. The van der Waals surface area contributed by atoms with Crippen LogP contribution in [0.2, 0.25) is 0 Å². The minimum Gasteiger partial charge on any atom is -0.493 e. The lowest BCUT2D eigenvalue weighted by Gasteiger charge is -2.19. The Hall–Kier alpha value is -2.36. The van der Waals surface area contributed by atoms with E-state index in [4.69, 9.17) is 19.9 Å². The number of methoxy groups -OCH3 is 3. The summed E-state index contributed by atoms with van der Waals surface area (Å²) < 4.78 is 15.2. The summed E-state index contributed by atoms with van der Waals surface area (Å²) in [7, 11) is 4.34. The van der Waals surface area contributed by atoms with Crippen LogP contribution >= 0.6 is 23.7 Å². The van der Waals surface area contributed by atoms with Gasteiger partial charge in [0.2, 0.25) is 0 Å². The number of nitrogens with two attached hydrogens (primary N) is 1. The summed E-state index contributed by atoms with van der Waals surface area (Å²) in [6.07, 6.45) is -0.0361. The van der Waals surface area contributed by atoms with Crippen LogP contribution in [0.3, 0.4) is 0 Å². The van der Waals surface area contributed by atoms with Gasteiger partial charge in [-0.25, -0.2) is 4.98 Å². The molecule has 0 spiro atoms. The predicted molar refractivity (Wildman–Crippen MR) is 104 cm³/mol. The van der Waals surface area contributed by atoms with E-state index in [0.29, 0.717) is 22.1 Å². The summed E-state index contributed by atoms with van der Waals surface area (Å²) in [5.74, 6) is 0.190. The van der Waals surface area contributed by atoms with Crippen molar-refractivity contribution in [2.45, 2.75) is 19.0 Å². The number of carbonyl (C=O) groups excluding carboxylic acids is 2. The van der Waals surface area contributed by atoms with Crippen molar-refractivity contribution >= 4 is 35.6 Å². The number of carbonyl (C=O) groups is 2. The highest BCUT2D eigenvalue weighted by atomic mass is 35.5. The lowest BCUT2D eigenvalue weighted by molar-refractivity contribution is -0.141. The molecule has 0 saturated carbocycles. The highest BCUT2D eigenvalue weighted by Crippen LogP contribution is 2.31. The quantitative estimate of drug-likeness (QED) is 0.634. The lowest BCUT2D eigenvalue weighted by atomic mass is 10.0. The first-order chi connectivity index (χ1) is 12.5. The van der Waals surface area contributed by atoms with E-state index < -0.39 is 17.9 Å². The van der Waals surface area contributed by atoms with Gasteiger partial charge >= 0.3 is 5.97 Å². The van der Waals surface area contributed by atoms with E-state index in [-0.39, 0.29) is 31.1 Å². The predicted octanol–water partition coefficient (Wildman–Crippen LogP) is 2.07. The smallest absolute Gasteiger partial charge is 0.307 e. The number of benzene rings is 1. The van der Waals surface area contributed by atoms with Gasteiger partial charge in [0, 0.05) is 11.9 Å². The maximum Gasteiger partial charge on any atom is 0.307 e. The molecule has 1 aromatic heterocycles. The van der Waals surface area contributed by atoms with Gasteiger partial charge in [0.15, 0.2) is 11.5 Å². The van der Waals surface area contributed by atoms with Gasteiger partial charge in [-0.15, -0.1) is 23.7 Å². The number of nitrogens with one attached hydrogen (secondary N) is 1. The third-order valence-electron chi connectivity index (χ3n) is 3.67. The number of halogens is 1. The third kappa shape index (κ3) is 5.81. The van der Waals surface area contributed by atoms with Gasteiger partial charge < -0.3 is 25.3 Å². The van der Waals surface area contributed by atoms with E-state index in [1.165, 1.54) is 32.7 Å². The molecule has 1 unspecified atom stereocenters. The molecule has 1 amide bonds. The standard InChI is InChI=1S/C17H21N3O5S.ClH/c1-23-13-5-4-10(6-14(13)24-2)11(7-16(21)25-3)20-17(22)12-9-26-15(8-18)19-12;/h4-6,9,11H,7-8,18H2,1-3H3,(H,20,22);1H. The average Bonchev–Trinajstić information content (AvgIpc) is 3.16. The van der Waals surface area contributed by atoms with Crippen molar-refractivity contribution in [3.8, 4) is 11.5 Å². The van der Waals surface area contributed by atoms with Gasteiger partial charge in [0.25, 0.3) is 5.91 Å². The summed E-state index contributed by atoms with van der Waals surface area (Å²) in [4.78, 5) is 28.4. The molecule has 1 atom stereocenters. The zero-order valence-corrected chi connectivity index (χ0v) is 16.8. The van der Waals surface area contributed by atoms with E-state index in [1.54, 1.807) is 23.6 Å². The number of ether oxygens (including phenoxy) is 3. The Morgan fingerprint density at radius 1 is 1.22 bits per heavy atom. The van der Waals surface area contributed by atoms with Gasteiger partial charge in [0.1, 0.15) is 10.7 Å². The first kappa shape index (κ1) is 22.7. The third-order valence-corrected chi connectivity index (χ3v) is 4.54. The first-order valence-electron chi connectivity index (χ1n) is 7.76. The highest BCUT2D eigenvalue weighted by molar-refractivity contribution is 7.09. The Kier molecular flexibility index (Phi) is 8.99. The van der Waals surface area contributed by atoms with Crippen molar-refractivity contribution in [1.29, 1.82) is 0 Å². The summed E-state index contributed by atoms with van der Waals surface area (Å²) in [6.45, 7) is 0.263. The van der Waals surface area contributed by atoms with Crippen LogP contribution in [-0.4, -0.2) is 38.2 Å². The zero-order chi connectivity index (χ0) is 19.1. The number of thiazole rings is 1.